The molecule has 2 aromatic heterocycles. The molecule has 4 heterocycles. The summed E-state index contributed by atoms with van der Waals surface area (Å²) in [5.74, 6) is 0. The number of aromatic nitrogens is 3. The van der Waals surface area contributed by atoms with Crippen molar-refractivity contribution >= 4 is 36.5 Å². The van der Waals surface area contributed by atoms with Crippen molar-refractivity contribution in [3.63, 3.8) is 0 Å². The van der Waals surface area contributed by atoms with E-state index in [1.165, 1.54) is 5.57 Å². The van der Waals surface area contributed by atoms with Gasteiger partial charge in [-0.1, -0.05) is 31.8 Å². The lowest BCUT2D eigenvalue weighted by atomic mass is 10.0. The van der Waals surface area contributed by atoms with E-state index in [0.717, 1.165) is 47.1 Å². The molecule has 0 fully saturated rings. The second-order valence-electron chi connectivity index (χ2n) is 11.4. The number of carbonyl (C=O) groups excluding carboxylic acids is 1. The SMILES string of the molecule is CC(C)(C)OC(=O)N1CC=C(c2cn(COCC[Si](C)(C)C)c3ncc(C4=CCOC4)nc23)CC1. The number of ether oxygens (including phenoxy) is 3. The highest BCUT2D eigenvalue weighted by Crippen LogP contribution is 2.31. The Bertz CT molecular complexity index is 1140. The van der Waals surface area contributed by atoms with Crippen LogP contribution in [0.2, 0.25) is 25.7 Å². The first-order valence-corrected chi connectivity index (χ1v) is 16.1. The van der Waals surface area contributed by atoms with Crippen LogP contribution in [-0.4, -0.2) is 72.1 Å². The van der Waals surface area contributed by atoms with Crippen LogP contribution in [-0.2, 0) is 20.9 Å². The maximum Gasteiger partial charge on any atom is 0.410 e. The maximum absolute atomic E-state index is 12.5. The lowest BCUT2D eigenvalue weighted by molar-refractivity contribution is 0.0270. The summed E-state index contributed by atoms with van der Waals surface area (Å²) in [6.07, 6.45) is 8.53. The lowest BCUT2D eigenvalue weighted by Crippen LogP contribution is -2.39. The van der Waals surface area contributed by atoms with Crippen LogP contribution in [0.4, 0.5) is 4.79 Å². The Morgan fingerprint density at radius 2 is 2.00 bits per heavy atom. The summed E-state index contributed by atoms with van der Waals surface area (Å²) in [4.78, 5) is 24.0. The quantitative estimate of drug-likeness (QED) is 0.387. The third kappa shape index (κ3) is 6.59. The van der Waals surface area contributed by atoms with Crippen LogP contribution in [0.1, 0.15) is 38.4 Å². The Kier molecular flexibility index (Phi) is 7.49. The van der Waals surface area contributed by atoms with Crippen molar-refractivity contribution in [2.24, 2.45) is 0 Å². The normalized spacial score (nSPS) is 17.0. The fourth-order valence-electron chi connectivity index (χ4n) is 4.05. The van der Waals surface area contributed by atoms with Gasteiger partial charge in [0.1, 0.15) is 17.8 Å². The van der Waals surface area contributed by atoms with Gasteiger partial charge < -0.3 is 23.7 Å². The van der Waals surface area contributed by atoms with Crippen LogP contribution in [0.25, 0.3) is 22.3 Å². The number of nitrogens with zero attached hydrogens (tertiary/aromatic N) is 4. The molecule has 35 heavy (non-hydrogen) atoms. The van der Waals surface area contributed by atoms with Gasteiger partial charge in [0, 0.05) is 45.1 Å². The zero-order valence-corrected chi connectivity index (χ0v) is 22.9. The third-order valence-corrected chi connectivity index (χ3v) is 7.74. The van der Waals surface area contributed by atoms with Gasteiger partial charge in [0.05, 0.1) is 25.1 Å². The first-order valence-electron chi connectivity index (χ1n) is 12.4. The molecule has 2 aliphatic heterocycles. The second kappa shape index (κ2) is 10.2. The Labute approximate surface area is 209 Å². The molecule has 0 bridgehead atoms. The molecule has 9 heteroatoms. The molecule has 0 atom stereocenters. The molecule has 0 saturated heterocycles. The van der Waals surface area contributed by atoms with Crippen molar-refractivity contribution in [1.82, 2.24) is 19.4 Å². The van der Waals surface area contributed by atoms with E-state index in [9.17, 15) is 4.79 Å². The summed E-state index contributed by atoms with van der Waals surface area (Å²) in [5, 5.41) is 0. The van der Waals surface area contributed by atoms with Gasteiger partial charge in [-0.25, -0.2) is 14.8 Å². The lowest BCUT2D eigenvalue weighted by Gasteiger charge is -2.29. The van der Waals surface area contributed by atoms with Crippen LogP contribution in [0.15, 0.2) is 24.5 Å². The van der Waals surface area contributed by atoms with Gasteiger partial charge >= 0.3 is 6.09 Å². The molecular formula is C26H38N4O4Si. The van der Waals surface area contributed by atoms with Crippen LogP contribution < -0.4 is 0 Å². The number of rotatable bonds is 7. The molecule has 0 saturated carbocycles. The molecule has 0 aliphatic carbocycles. The van der Waals surface area contributed by atoms with Crippen LogP contribution >= 0.6 is 0 Å². The summed E-state index contributed by atoms with van der Waals surface area (Å²) < 4.78 is 19.1. The molecular weight excluding hydrogens is 460 g/mol. The average molecular weight is 499 g/mol. The van der Waals surface area contributed by atoms with Crippen LogP contribution in [0.3, 0.4) is 0 Å². The smallest absolute Gasteiger partial charge is 0.410 e. The van der Waals surface area contributed by atoms with Crippen molar-refractivity contribution in [2.45, 2.75) is 65.2 Å². The van der Waals surface area contributed by atoms with Gasteiger partial charge in [0.25, 0.3) is 0 Å². The molecule has 0 aromatic carbocycles. The van der Waals surface area contributed by atoms with Gasteiger partial charge in [0.15, 0.2) is 5.65 Å². The summed E-state index contributed by atoms with van der Waals surface area (Å²) in [7, 11) is -1.16. The number of hydrogen-bond donors (Lipinski definition) is 0. The molecule has 1 amide bonds. The minimum Gasteiger partial charge on any atom is -0.444 e. The van der Waals surface area contributed by atoms with Crippen molar-refractivity contribution in [3.8, 4) is 0 Å². The van der Waals surface area contributed by atoms with Gasteiger partial charge in [-0.15, -0.1) is 0 Å². The number of amides is 1. The molecule has 2 aliphatic rings. The highest BCUT2D eigenvalue weighted by atomic mass is 28.3. The van der Waals surface area contributed by atoms with Crippen molar-refractivity contribution in [1.29, 1.82) is 0 Å². The highest BCUT2D eigenvalue weighted by molar-refractivity contribution is 6.76. The Morgan fingerprint density at radius 3 is 2.63 bits per heavy atom. The topological polar surface area (TPSA) is 78.7 Å². The van der Waals surface area contributed by atoms with Crippen molar-refractivity contribution in [2.75, 3.05) is 32.9 Å². The van der Waals surface area contributed by atoms with Gasteiger partial charge in [-0.3, -0.25) is 0 Å². The minimum absolute atomic E-state index is 0.277. The van der Waals surface area contributed by atoms with E-state index in [1.54, 1.807) is 4.90 Å². The van der Waals surface area contributed by atoms with E-state index < -0.39 is 13.7 Å². The largest absolute Gasteiger partial charge is 0.444 e. The molecule has 0 radical (unpaired) electrons. The number of carbonyl (C=O) groups is 1. The van der Waals surface area contributed by atoms with E-state index in [4.69, 9.17) is 24.2 Å². The van der Waals surface area contributed by atoms with E-state index in [1.807, 2.05) is 31.5 Å². The molecule has 0 spiro atoms. The predicted octanol–water partition coefficient (Wildman–Crippen LogP) is 5.18. The van der Waals surface area contributed by atoms with E-state index in [0.29, 0.717) is 33.0 Å². The molecule has 2 aromatic rings. The van der Waals surface area contributed by atoms with Crippen molar-refractivity contribution in [3.05, 3.63) is 35.8 Å². The van der Waals surface area contributed by atoms with Crippen LogP contribution in [0.5, 0.6) is 0 Å². The van der Waals surface area contributed by atoms with E-state index in [-0.39, 0.29) is 6.09 Å². The molecule has 0 N–H and O–H groups in total. The van der Waals surface area contributed by atoms with Crippen molar-refractivity contribution < 1.29 is 19.0 Å². The first-order chi connectivity index (χ1) is 16.5. The summed E-state index contributed by atoms with van der Waals surface area (Å²) in [6, 6.07) is 1.12. The number of hydrogen-bond acceptors (Lipinski definition) is 6. The monoisotopic (exact) mass is 498 g/mol. The predicted molar refractivity (Wildman–Crippen MR) is 141 cm³/mol. The zero-order valence-electron chi connectivity index (χ0n) is 21.9. The number of fused-ring (bicyclic) bond motifs is 1. The van der Waals surface area contributed by atoms with Gasteiger partial charge in [0.2, 0.25) is 0 Å². The standard InChI is InChI=1S/C26H38N4O4Si/c1-26(2,3)34-25(31)29-10-7-19(8-11-29)21-16-30(18-33-13-14-35(4,5)6)24-23(21)28-22(15-27-24)20-9-12-32-17-20/h7,9,15-16H,8,10-14,17-18H2,1-6H3. The van der Waals surface area contributed by atoms with E-state index >= 15 is 0 Å². The molecule has 4 rings (SSSR count). The molecule has 190 valence electrons. The Morgan fingerprint density at radius 1 is 1.20 bits per heavy atom. The molecule has 0 unspecified atom stereocenters. The van der Waals surface area contributed by atoms with Crippen LogP contribution in [0, 0.1) is 0 Å². The van der Waals surface area contributed by atoms with Gasteiger partial charge in [-0.2, -0.15) is 0 Å². The minimum atomic E-state index is -1.16. The van der Waals surface area contributed by atoms with Gasteiger partial charge in [-0.05, 0) is 38.8 Å². The van der Waals surface area contributed by atoms with E-state index in [2.05, 4.69) is 38.0 Å². The highest BCUT2D eigenvalue weighted by Gasteiger charge is 2.26. The maximum atomic E-state index is 12.5. The summed E-state index contributed by atoms with van der Waals surface area (Å²) in [6.45, 7) is 16.2. The fraction of sp³-hybridized carbons (Fsp3) is 0.577. The Hall–Kier alpha value is -2.49. The fourth-order valence-corrected chi connectivity index (χ4v) is 4.81. The zero-order chi connectivity index (χ0) is 25.2. The Balaban J connectivity index is 1.59. The molecule has 8 nitrogen and oxygen atoms in total. The first kappa shape index (κ1) is 25.6. The summed E-state index contributed by atoms with van der Waals surface area (Å²) >= 11 is 0. The summed E-state index contributed by atoms with van der Waals surface area (Å²) in [5.41, 5.74) is 5.30. The average Bonchev–Trinajstić information content (AvgIpc) is 3.43. The second-order valence-corrected chi connectivity index (χ2v) is 17.1. The third-order valence-electron chi connectivity index (χ3n) is 6.03.